The van der Waals surface area contributed by atoms with Gasteiger partial charge in [-0.25, -0.2) is 0 Å². The second-order valence-corrected chi connectivity index (χ2v) is 7.07. The zero-order chi connectivity index (χ0) is 18.0. The first kappa shape index (κ1) is 17.4. The molecule has 3 rings (SSSR count). The lowest BCUT2D eigenvalue weighted by Gasteiger charge is -2.14. The van der Waals surface area contributed by atoms with Crippen molar-refractivity contribution in [3.05, 3.63) is 64.6 Å². The SMILES string of the molecule is COc1cccc(C=C2SC(=S)N(c3ccc(C(C)=O)cc3)C2=O)c1. The van der Waals surface area contributed by atoms with E-state index in [-0.39, 0.29) is 11.7 Å². The van der Waals surface area contributed by atoms with E-state index in [1.807, 2.05) is 24.3 Å². The molecule has 1 heterocycles. The number of hydrogen-bond donors (Lipinski definition) is 0. The molecular formula is C19H15NO3S2. The maximum Gasteiger partial charge on any atom is 0.270 e. The van der Waals surface area contributed by atoms with Crippen molar-refractivity contribution in [2.75, 3.05) is 12.0 Å². The van der Waals surface area contributed by atoms with E-state index in [9.17, 15) is 9.59 Å². The van der Waals surface area contributed by atoms with Crippen LogP contribution < -0.4 is 9.64 Å². The third-order valence-electron chi connectivity index (χ3n) is 3.72. The average molecular weight is 369 g/mol. The molecule has 0 saturated carbocycles. The van der Waals surface area contributed by atoms with Gasteiger partial charge in [-0.3, -0.25) is 14.5 Å². The minimum absolute atomic E-state index is 0.0186. The fraction of sp³-hybridized carbons (Fsp3) is 0.105. The first-order valence-electron chi connectivity index (χ1n) is 7.52. The largest absolute Gasteiger partial charge is 0.497 e. The molecule has 0 unspecified atom stereocenters. The smallest absolute Gasteiger partial charge is 0.270 e. The van der Waals surface area contributed by atoms with Crippen molar-refractivity contribution in [1.82, 2.24) is 0 Å². The maximum atomic E-state index is 12.7. The molecule has 0 bridgehead atoms. The Kier molecular flexibility index (Phi) is 5.01. The van der Waals surface area contributed by atoms with Crippen LogP contribution in [0.3, 0.4) is 0 Å². The Bertz CT molecular complexity index is 888. The fourth-order valence-electron chi connectivity index (χ4n) is 2.42. The van der Waals surface area contributed by atoms with Crippen LogP contribution >= 0.6 is 24.0 Å². The van der Waals surface area contributed by atoms with Gasteiger partial charge in [-0.1, -0.05) is 36.1 Å². The number of carbonyl (C=O) groups excluding carboxylic acids is 2. The summed E-state index contributed by atoms with van der Waals surface area (Å²) in [5.41, 5.74) is 2.12. The monoisotopic (exact) mass is 369 g/mol. The summed E-state index contributed by atoms with van der Waals surface area (Å²) in [7, 11) is 1.60. The Morgan fingerprint density at radius 3 is 2.56 bits per heavy atom. The highest BCUT2D eigenvalue weighted by atomic mass is 32.2. The Hall–Kier alpha value is -2.44. The van der Waals surface area contributed by atoms with E-state index in [1.54, 1.807) is 37.5 Å². The number of carbonyl (C=O) groups is 2. The average Bonchev–Trinajstić information content (AvgIpc) is 2.88. The van der Waals surface area contributed by atoms with E-state index in [0.29, 0.717) is 20.5 Å². The van der Waals surface area contributed by atoms with Gasteiger partial charge < -0.3 is 4.74 Å². The van der Waals surface area contributed by atoms with E-state index >= 15 is 0 Å². The molecule has 1 saturated heterocycles. The van der Waals surface area contributed by atoms with E-state index < -0.39 is 0 Å². The summed E-state index contributed by atoms with van der Waals surface area (Å²) in [6.45, 7) is 1.51. The second-order valence-electron chi connectivity index (χ2n) is 5.40. The van der Waals surface area contributed by atoms with Gasteiger partial charge in [0.15, 0.2) is 10.1 Å². The molecule has 4 nitrogen and oxygen atoms in total. The van der Waals surface area contributed by atoms with Crippen LogP contribution in [0.25, 0.3) is 6.08 Å². The van der Waals surface area contributed by atoms with Crippen molar-refractivity contribution >= 4 is 51.8 Å². The van der Waals surface area contributed by atoms with Gasteiger partial charge in [0.25, 0.3) is 5.91 Å². The Morgan fingerprint density at radius 1 is 1.20 bits per heavy atom. The van der Waals surface area contributed by atoms with Gasteiger partial charge in [-0.2, -0.15) is 0 Å². The quantitative estimate of drug-likeness (QED) is 0.457. The van der Waals surface area contributed by atoms with E-state index in [0.717, 1.165) is 11.3 Å². The molecule has 0 aliphatic carbocycles. The lowest BCUT2D eigenvalue weighted by molar-refractivity contribution is -0.113. The number of Topliss-reactive ketones (excluding diaryl/α,β-unsaturated/α-hetero) is 1. The van der Waals surface area contributed by atoms with Crippen molar-refractivity contribution < 1.29 is 14.3 Å². The van der Waals surface area contributed by atoms with Gasteiger partial charge >= 0.3 is 0 Å². The summed E-state index contributed by atoms with van der Waals surface area (Å²) in [4.78, 5) is 26.2. The predicted octanol–water partition coefficient (Wildman–Crippen LogP) is 4.30. The molecular weight excluding hydrogens is 354 g/mol. The van der Waals surface area contributed by atoms with Gasteiger partial charge in [0.2, 0.25) is 0 Å². The first-order valence-corrected chi connectivity index (χ1v) is 8.75. The topological polar surface area (TPSA) is 46.6 Å². The van der Waals surface area contributed by atoms with E-state index in [4.69, 9.17) is 17.0 Å². The van der Waals surface area contributed by atoms with Crippen molar-refractivity contribution in [3.63, 3.8) is 0 Å². The molecule has 1 aliphatic heterocycles. The molecule has 0 N–H and O–H groups in total. The first-order chi connectivity index (χ1) is 12.0. The Morgan fingerprint density at radius 2 is 1.92 bits per heavy atom. The normalized spacial score (nSPS) is 15.8. The summed E-state index contributed by atoms with van der Waals surface area (Å²) in [5.74, 6) is 0.535. The number of anilines is 1. The zero-order valence-electron chi connectivity index (χ0n) is 13.7. The highest BCUT2D eigenvalue weighted by Crippen LogP contribution is 2.36. The summed E-state index contributed by atoms with van der Waals surface area (Å²) in [6, 6.07) is 14.3. The summed E-state index contributed by atoms with van der Waals surface area (Å²) < 4.78 is 5.67. The third-order valence-corrected chi connectivity index (χ3v) is 5.02. The highest BCUT2D eigenvalue weighted by Gasteiger charge is 2.33. The van der Waals surface area contributed by atoms with Crippen LogP contribution in [0, 0.1) is 0 Å². The number of rotatable bonds is 4. The highest BCUT2D eigenvalue weighted by molar-refractivity contribution is 8.27. The number of amides is 1. The van der Waals surface area contributed by atoms with Gasteiger partial charge in [-0.15, -0.1) is 0 Å². The molecule has 1 fully saturated rings. The minimum atomic E-state index is -0.173. The predicted molar refractivity (Wildman–Crippen MR) is 105 cm³/mol. The minimum Gasteiger partial charge on any atom is -0.497 e. The van der Waals surface area contributed by atoms with Gasteiger partial charge in [0.1, 0.15) is 5.75 Å². The number of hydrogen-bond acceptors (Lipinski definition) is 5. The van der Waals surface area contributed by atoms with Crippen molar-refractivity contribution in [1.29, 1.82) is 0 Å². The number of ether oxygens (including phenoxy) is 1. The Labute approximate surface area is 155 Å². The molecule has 6 heteroatoms. The Balaban J connectivity index is 1.89. The van der Waals surface area contributed by atoms with Crippen molar-refractivity contribution in [3.8, 4) is 5.75 Å². The molecule has 0 aromatic heterocycles. The van der Waals surface area contributed by atoms with Crippen LogP contribution in [0.5, 0.6) is 5.75 Å². The maximum absolute atomic E-state index is 12.7. The van der Waals surface area contributed by atoms with E-state index in [1.165, 1.54) is 23.6 Å². The number of thioether (sulfide) groups is 1. The van der Waals surface area contributed by atoms with Crippen LogP contribution in [0.15, 0.2) is 53.4 Å². The number of nitrogens with zero attached hydrogens (tertiary/aromatic N) is 1. The van der Waals surface area contributed by atoms with Crippen LogP contribution in [0.2, 0.25) is 0 Å². The zero-order valence-corrected chi connectivity index (χ0v) is 15.3. The third kappa shape index (κ3) is 3.65. The van der Waals surface area contributed by atoms with Crippen LogP contribution in [-0.2, 0) is 4.79 Å². The molecule has 0 spiro atoms. The van der Waals surface area contributed by atoms with E-state index in [2.05, 4.69) is 0 Å². The summed E-state index contributed by atoms with van der Waals surface area (Å²) in [5, 5.41) is 0. The van der Waals surface area contributed by atoms with Crippen LogP contribution in [0.4, 0.5) is 5.69 Å². The summed E-state index contributed by atoms with van der Waals surface area (Å²) in [6.07, 6.45) is 1.80. The molecule has 2 aromatic carbocycles. The molecule has 25 heavy (non-hydrogen) atoms. The molecule has 2 aromatic rings. The molecule has 1 aliphatic rings. The van der Waals surface area contributed by atoms with Crippen molar-refractivity contribution in [2.24, 2.45) is 0 Å². The molecule has 126 valence electrons. The molecule has 0 radical (unpaired) electrons. The van der Waals surface area contributed by atoms with Gasteiger partial charge in [0.05, 0.1) is 17.7 Å². The van der Waals surface area contributed by atoms with Crippen molar-refractivity contribution in [2.45, 2.75) is 6.92 Å². The number of benzene rings is 2. The molecule has 0 atom stereocenters. The summed E-state index contributed by atoms with van der Waals surface area (Å²) >= 11 is 6.62. The number of ketones is 1. The van der Waals surface area contributed by atoms with Gasteiger partial charge in [-0.05, 0) is 55.0 Å². The van der Waals surface area contributed by atoms with Crippen LogP contribution in [-0.4, -0.2) is 23.1 Å². The standard InChI is InChI=1S/C19H15NO3S2/c1-12(21)14-6-8-15(9-7-14)20-18(22)17(25-19(20)24)11-13-4-3-5-16(10-13)23-2/h3-11H,1-2H3. The number of methoxy groups -OCH3 is 1. The fourth-order valence-corrected chi connectivity index (χ4v) is 3.72. The lowest BCUT2D eigenvalue weighted by atomic mass is 10.1. The lowest BCUT2D eigenvalue weighted by Crippen LogP contribution is -2.27. The number of thiocarbonyl (C=S) groups is 1. The van der Waals surface area contributed by atoms with Crippen LogP contribution in [0.1, 0.15) is 22.8 Å². The molecule has 1 amide bonds. The van der Waals surface area contributed by atoms with Gasteiger partial charge in [0, 0.05) is 5.56 Å². The second kappa shape index (κ2) is 7.21.